The second-order valence-electron chi connectivity index (χ2n) is 9.91. The molecule has 2 aliphatic heterocycles. The van der Waals surface area contributed by atoms with Gasteiger partial charge in [0.15, 0.2) is 0 Å². The number of imide groups is 1. The minimum Gasteiger partial charge on any atom is -0.462 e. The van der Waals surface area contributed by atoms with E-state index < -0.39 is 51.5 Å². The Morgan fingerprint density at radius 1 is 0.930 bits per heavy atom. The van der Waals surface area contributed by atoms with Crippen LogP contribution in [0.4, 0.5) is 15.8 Å². The Kier molecular flexibility index (Phi) is 7.72. The molecule has 3 heterocycles. The highest BCUT2D eigenvalue weighted by atomic mass is 32.2. The Hall–Kier alpha value is -4.55. The molecule has 3 amide bonds. The fraction of sp³-hybridized carbons (Fsp3) is 0.194. The van der Waals surface area contributed by atoms with Crippen molar-refractivity contribution >= 4 is 58.2 Å². The number of nitrogens with one attached hydrogen (secondary N) is 1. The Morgan fingerprint density at radius 2 is 1.63 bits per heavy atom. The maximum Gasteiger partial charge on any atom is 0.338 e. The molecule has 3 atom stereocenters. The van der Waals surface area contributed by atoms with Crippen LogP contribution >= 0.6 is 23.1 Å². The zero-order valence-corrected chi connectivity index (χ0v) is 24.3. The molecule has 3 aromatic carbocycles. The normalized spacial score (nSPS) is 19.1. The molecule has 1 aromatic heterocycles. The largest absolute Gasteiger partial charge is 0.462 e. The van der Waals surface area contributed by atoms with Crippen LogP contribution in [-0.2, 0) is 25.7 Å². The van der Waals surface area contributed by atoms with Gasteiger partial charge in [-0.1, -0.05) is 53.4 Å². The van der Waals surface area contributed by atoms with E-state index in [9.17, 15) is 28.4 Å². The first-order valence-corrected chi connectivity index (χ1v) is 15.1. The zero-order valence-electron chi connectivity index (χ0n) is 22.7. The van der Waals surface area contributed by atoms with Gasteiger partial charge >= 0.3 is 10.8 Å². The molecule has 1 fully saturated rings. The van der Waals surface area contributed by atoms with Crippen molar-refractivity contribution in [3.05, 3.63) is 110 Å². The standard InChI is InChI=1S/C31H24FN3O6S2/c1-2-41-30(39)18-10-14-21(15-11-18)35-27(37)24-23(17-8-12-19(32)13-9-17)26-29(42-25(24)28(35)38)34(31(40)43-26)16-22(36)33-20-6-4-3-5-7-20/h3-15,23-25H,2,16H2,1H3,(H,33,36)/t23-,24-,25+/m0/s1. The van der Waals surface area contributed by atoms with Gasteiger partial charge in [0.1, 0.15) is 17.6 Å². The molecule has 43 heavy (non-hydrogen) atoms. The minimum atomic E-state index is -0.905. The van der Waals surface area contributed by atoms with Gasteiger partial charge in [0.2, 0.25) is 17.7 Å². The maximum atomic E-state index is 14.0. The first-order valence-electron chi connectivity index (χ1n) is 13.4. The molecule has 9 nitrogen and oxygen atoms in total. The fourth-order valence-electron chi connectivity index (χ4n) is 5.37. The number of amides is 3. The van der Waals surface area contributed by atoms with Gasteiger partial charge in [-0.25, -0.2) is 14.1 Å². The summed E-state index contributed by atoms with van der Waals surface area (Å²) in [5.74, 6) is -3.98. The molecule has 4 aromatic rings. The molecule has 0 aliphatic carbocycles. The van der Waals surface area contributed by atoms with Crippen LogP contribution in [0.5, 0.6) is 0 Å². The number of carbonyl (C=O) groups excluding carboxylic acids is 4. The van der Waals surface area contributed by atoms with E-state index >= 15 is 0 Å². The third kappa shape index (κ3) is 5.28. The summed E-state index contributed by atoms with van der Waals surface area (Å²) >= 11 is 1.99. The number of para-hydroxylation sites is 1. The number of esters is 1. The van der Waals surface area contributed by atoms with Crippen molar-refractivity contribution < 1.29 is 28.3 Å². The highest BCUT2D eigenvalue weighted by molar-refractivity contribution is 8.00. The smallest absolute Gasteiger partial charge is 0.338 e. The summed E-state index contributed by atoms with van der Waals surface area (Å²) in [5.41, 5.74) is 1.71. The van der Waals surface area contributed by atoms with Gasteiger partial charge in [0, 0.05) is 16.5 Å². The molecule has 6 rings (SSSR count). The van der Waals surface area contributed by atoms with Crippen LogP contribution < -0.4 is 15.1 Å². The lowest BCUT2D eigenvalue weighted by Gasteiger charge is -2.30. The third-order valence-electron chi connectivity index (χ3n) is 7.27. The Labute approximate surface area is 253 Å². The number of benzene rings is 3. The number of ether oxygens (including phenoxy) is 1. The van der Waals surface area contributed by atoms with E-state index in [1.54, 1.807) is 43.3 Å². The summed E-state index contributed by atoms with van der Waals surface area (Å²) in [7, 11) is 0. The lowest BCUT2D eigenvalue weighted by atomic mass is 9.83. The number of aromatic nitrogens is 1. The number of carbonyl (C=O) groups is 4. The van der Waals surface area contributed by atoms with Crippen LogP contribution in [0.2, 0.25) is 0 Å². The molecule has 218 valence electrons. The number of thiazole rings is 1. The van der Waals surface area contributed by atoms with E-state index in [1.165, 1.54) is 41.0 Å². The van der Waals surface area contributed by atoms with Crippen LogP contribution in [0.3, 0.4) is 0 Å². The summed E-state index contributed by atoms with van der Waals surface area (Å²) < 4.78 is 20.3. The van der Waals surface area contributed by atoms with E-state index in [1.807, 2.05) is 6.07 Å². The van der Waals surface area contributed by atoms with E-state index in [0.717, 1.165) is 28.0 Å². The van der Waals surface area contributed by atoms with Gasteiger partial charge < -0.3 is 10.1 Å². The number of halogens is 1. The van der Waals surface area contributed by atoms with E-state index in [4.69, 9.17) is 4.74 Å². The van der Waals surface area contributed by atoms with Gasteiger partial charge in [0.25, 0.3) is 0 Å². The lowest BCUT2D eigenvalue weighted by Crippen LogP contribution is -2.33. The van der Waals surface area contributed by atoms with Crippen molar-refractivity contribution in [2.24, 2.45) is 5.92 Å². The molecular weight excluding hydrogens is 593 g/mol. The molecule has 1 saturated heterocycles. The molecule has 2 aliphatic rings. The van der Waals surface area contributed by atoms with E-state index in [2.05, 4.69) is 5.32 Å². The van der Waals surface area contributed by atoms with E-state index in [-0.39, 0.29) is 18.7 Å². The SMILES string of the molecule is CCOC(=O)c1ccc(N2C(=O)[C@H]3[C@H](c4ccc(F)cc4)c4sc(=O)n(CC(=O)Nc5ccccc5)c4S[C@H]3C2=O)cc1. The van der Waals surface area contributed by atoms with Crippen molar-refractivity contribution in [3.8, 4) is 0 Å². The average Bonchev–Trinajstić information content (AvgIpc) is 3.44. The number of anilines is 2. The predicted octanol–water partition coefficient (Wildman–Crippen LogP) is 4.66. The Bertz CT molecular complexity index is 1790. The maximum absolute atomic E-state index is 14.0. The lowest BCUT2D eigenvalue weighted by molar-refractivity contribution is -0.122. The van der Waals surface area contributed by atoms with Crippen LogP contribution in [-0.4, -0.2) is 40.1 Å². The number of nitrogens with zero attached hydrogens (tertiary/aromatic N) is 2. The molecule has 0 unspecified atom stereocenters. The summed E-state index contributed by atoms with van der Waals surface area (Å²) in [6.07, 6.45) is 0. The molecule has 0 radical (unpaired) electrons. The van der Waals surface area contributed by atoms with Crippen LogP contribution in [0.1, 0.15) is 33.6 Å². The summed E-state index contributed by atoms with van der Waals surface area (Å²) in [5, 5.41) is 2.29. The molecule has 0 spiro atoms. The van der Waals surface area contributed by atoms with E-state index in [0.29, 0.717) is 26.8 Å². The predicted molar refractivity (Wildman–Crippen MR) is 160 cm³/mol. The molecular formula is C31H24FN3O6S2. The summed E-state index contributed by atoms with van der Waals surface area (Å²) in [6.45, 7) is 1.61. The first kappa shape index (κ1) is 28.6. The van der Waals surface area contributed by atoms with Gasteiger partial charge in [-0.05, 0) is 61.0 Å². The monoisotopic (exact) mass is 617 g/mol. The number of thioether (sulfide) groups is 1. The second-order valence-corrected chi connectivity index (χ2v) is 12.0. The van der Waals surface area contributed by atoms with Crippen LogP contribution in [0.15, 0.2) is 88.7 Å². The van der Waals surface area contributed by atoms with Gasteiger partial charge in [-0.15, -0.1) is 0 Å². The summed E-state index contributed by atoms with van der Waals surface area (Å²) in [4.78, 5) is 67.4. The van der Waals surface area contributed by atoms with Crippen molar-refractivity contribution in [3.63, 3.8) is 0 Å². The molecule has 0 bridgehead atoms. The number of hydrogen-bond acceptors (Lipinski definition) is 8. The van der Waals surface area contributed by atoms with Gasteiger partial charge in [-0.2, -0.15) is 0 Å². The quantitative estimate of drug-likeness (QED) is 0.237. The topological polar surface area (TPSA) is 115 Å². The number of hydrogen-bond donors (Lipinski definition) is 1. The molecule has 12 heteroatoms. The van der Waals surface area contributed by atoms with Crippen LogP contribution in [0, 0.1) is 11.7 Å². The van der Waals surface area contributed by atoms with Crippen molar-refractivity contribution in [2.45, 2.75) is 29.7 Å². The number of fused-ring (bicyclic) bond motifs is 2. The third-order valence-corrected chi connectivity index (χ3v) is 9.88. The van der Waals surface area contributed by atoms with Crippen molar-refractivity contribution in [2.75, 3.05) is 16.8 Å². The van der Waals surface area contributed by atoms with Crippen molar-refractivity contribution in [1.29, 1.82) is 0 Å². The first-order chi connectivity index (χ1) is 20.8. The van der Waals surface area contributed by atoms with Gasteiger partial charge in [0.05, 0.1) is 28.8 Å². The van der Waals surface area contributed by atoms with Crippen molar-refractivity contribution in [1.82, 2.24) is 4.57 Å². The minimum absolute atomic E-state index is 0.207. The molecule has 1 N–H and O–H groups in total. The summed E-state index contributed by atoms with van der Waals surface area (Å²) in [6, 6.07) is 20.4. The molecule has 0 saturated carbocycles. The Morgan fingerprint density at radius 3 is 2.30 bits per heavy atom. The number of rotatable bonds is 7. The highest BCUT2D eigenvalue weighted by Crippen LogP contribution is 2.53. The fourth-order valence-corrected chi connectivity index (χ4v) is 8.14. The second kappa shape index (κ2) is 11.6. The Balaban J connectivity index is 1.38. The zero-order chi connectivity index (χ0) is 30.2. The van der Waals surface area contributed by atoms with Gasteiger partial charge in [-0.3, -0.25) is 23.7 Å². The average molecular weight is 618 g/mol. The highest BCUT2D eigenvalue weighted by Gasteiger charge is 2.56. The van der Waals surface area contributed by atoms with Crippen LogP contribution in [0.25, 0.3) is 0 Å².